The third-order valence-corrected chi connectivity index (χ3v) is 7.22. The van der Waals surface area contributed by atoms with Crippen LogP contribution in [0.3, 0.4) is 0 Å². The lowest BCUT2D eigenvalue weighted by atomic mass is 9.85. The van der Waals surface area contributed by atoms with E-state index in [1.807, 2.05) is 6.92 Å². The van der Waals surface area contributed by atoms with Crippen LogP contribution < -0.4 is 16.4 Å². The van der Waals surface area contributed by atoms with Crippen LogP contribution in [0.1, 0.15) is 40.5 Å². The van der Waals surface area contributed by atoms with Gasteiger partial charge < -0.3 is 35.7 Å². The number of carbonyl (C=O) groups excluding carboxylic acids is 4. The molecule has 6 atom stereocenters. The molecule has 0 saturated carbocycles. The third-order valence-electron chi connectivity index (χ3n) is 7.22. The Kier molecular flexibility index (Phi) is 13.1. The highest BCUT2D eigenvalue weighted by Gasteiger charge is 2.33. The number of allylic oxidation sites excluding steroid dienone is 4. The molecule has 0 unspecified atom stereocenters. The van der Waals surface area contributed by atoms with Gasteiger partial charge in [-0.25, -0.2) is 4.79 Å². The standard InChI is InChI=1S/C31H43N3O8/c1-8-12-33-26-21-13-17(2)14-25(41-7)27(36)19(4)15-20(5)29(42-31(32)39)24(40-6)11-9-10-18(3)30(38)34-22(28(21)37)16-23(26)35/h8-11,15-17,19,24-25,27,29,33,36H,1,12-14H2,2-7H3,(H2,32,39)(H,34,38)/b11-9+,18-10-,20-15+/t17-,19-,24-,25-,27+,29-/m1/s1. The van der Waals surface area contributed by atoms with Gasteiger partial charge in [-0.2, -0.15) is 0 Å². The minimum Gasteiger partial charge on any atom is -0.439 e. The van der Waals surface area contributed by atoms with Crippen molar-refractivity contribution in [1.29, 1.82) is 0 Å². The number of hydrogen-bond donors (Lipinski definition) is 4. The van der Waals surface area contributed by atoms with Gasteiger partial charge in [0.05, 0.1) is 23.6 Å². The van der Waals surface area contributed by atoms with Gasteiger partial charge in [-0.05, 0) is 38.2 Å². The number of aliphatic hydroxyl groups is 1. The van der Waals surface area contributed by atoms with Crippen molar-refractivity contribution in [1.82, 2.24) is 10.6 Å². The molecule has 2 amide bonds. The Morgan fingerprint density at radius 2 is 1.90 bits per heavy atom. The number of methoxy groups -OCH3 is 2. The van der Waals surface area contributed by atoms with Crippen LogP contribution in [0.5, 0.6) is 0 Å². The van der Waals surface area contributed by atoms with E-state index in [-0.39, 0.29) is 41.4 Å². The normalized spacial score (nSPS) is 31.6. The van der Waals surface area contributed by atoms with Crippen molar-refractivity contribution in [2.75, 3.05) is 20.8 Å². The molecule has 42 heavy (non-hydrogen) atoms. The molecule has 11 nitrogen and oxygen atoms in total. The predicted octanol–water partition coefficient (Wildman–Crippen LogP) is 2.54. The molecule has 5 N–H and O–H groups in total. The van der Waals surface area contributed by atoms with Crippen molar-refractivity contribution >= 4 is 23.6 Å². The second-order valence-electron chi connectivity index (χ2n) is 10.6. The molecule has 0 fully saturated rings. The number of ketones is 2. The zero-order chi connectivity index (χ0) is 31.6. The summed E-state index contributed by atoms with van der Waals surface area (Å²) in [5, 5.41) is 16.7. The first-order chi connectivity index (χ1) is 19.8. The number of fused-ring (bicyclic) bond motifs is 2. The summed E-state index contributed by atoms with van der Waals surface area (Å²) in [6.45, 7) is 10.9. The van der Waals surface area contributed by atoms with E-state index in [2.05, 4.69) is 17.2 Å². The predicted molar refractivity (Wildman–Crippen MR) is 158 cm³/mol. The van der Waals surface area contributed by atoms with Crippen LogP contribution in [-0.4, -0.2) is 73.9 Å². The Morgan fingerprint density at radius 1 is 1.21 bits per heavy atom. The van der Waals surface area contributed by atoms with Crippen molar-refractivity contribution in [3.05, 3.63) is 71.1 Å². The number of nitrogens with two attached hydrogens (primary N) is 1. The van der Waals surface area contributed by atoms with Crippen molar-refractivity contribution in [2.45, 2.75) is 65.0 Å². The first kappa shape index (κ1) is 34.4. The number of hydrogen-bond acceptors (Lipinski definition) is 9. The lowest BCUT2D eigenvalue weighted by Crippen LogP contribution is -2.37. The molecule has 0 saturated heterocycles. The maximum Gasteiger partial charge on any atom is 0.405 e. The average molecular weight is 586 g/mol. The summed E-state index contributed by atoms with van der Waals surface area (Å²) < 4.78 is 16.6. The smallest absolute Gasteiger partial charge is 0.405 e. The molecule has 0 aromatic rings. The number of primary amides is 1. The average Bonchev–Trinajstić information content (AvgIpc) is 2.94. The van der Waals surface area contributed by atoms with Gasteiger partial charge in [-0.3, -0.25) is 14.4 Å². The number of ether oxygens (including phenoxy) is 3. The molecule has 0 aromatic heterocycles. The Hall–Kier alpha value is -3.80. The Morgan fingerprint density at radius 3 is 2.50 bits per heavy atom. The molecule has 0 spiro atoms. The molecule has 0 radical (unpaired) electrons. The molecule has 11 heteroatoms. The van der Waals surface area contributed by atoms with Crippen molar-refractivity contribution in [3.8, 4) is 0 Å². The molecule has 1 aliphatic carbocycles. The Bertz CT molecular complexity index is 1210. The third kappa shape index (κ3) is 9.10. The number of carbonyl (C=O) groups is 4. The summed E-state index contributed by atoms with van der Waals surface area (Å²) in [5.74, 6) is -2.14. The molecule has 1 heterocycles. The van der Waals surface area contributed by atoms with Crippen LogP contribution in [0, 0.1) is 11.8 Å². The van der Waals surface area contributed by atoms with Gasteiger partial charge in [-0.1, -0.05) is 44.2 Å². The summed E-state index contributed by atoms with van der Waals surface area (Å²) in [5.41, 5.74) is 6.42. The lowest BCUT2D eigenvalue weighted by molar-refractivity contribution is -0.120. The highest BCUT2D eigenvalue weighted by atomic mass is 16.6. The van der Waals surface area contributed by atoms with E-state index in [0.29, 0.717) is 12.0 Å². The van der Waals surface area contributed by atoms with Crippen LogP contribution in [0.2, 0.25) is 0 Å². The van der Waals surface area contributed by atoms with Crippen molar-refractivity contribution in [3.63, 3.8) is 0 Å². The lowest BCUT2D eigenvalue weighted by Gasteiger charge is -2.30. The molecule has 230 valence electrons. The summed E-state index contributed by atoms with van der Waals surface area (Å²) in [6.07, 6.45) is 5.34. The van der Waals surface area contributed by atoms with Gasteiger partial charge >= 0.3 is 6.09 Å². The zero-order valence-corrected chi connectivity index (χ0v) is 25.1. The number of amides is 2. The van der Waals surface area contributed by atoms with Gasteiger partial charge in [0.2, 0.25) is 11.6 Å². The molecule has 2 bridgehead atoms. The second-order valence-corrected chi connectivity index (χ2v) is 10.6. The number of Topliss-reactive ketones (excluding diaryl/α,β-unsaturated/α-hetero) is 1. The largest absolute Gasteiger partial charge is 0.439 e. The first-order valence-corrected chi connectivity index (χ1v) is 13.8. The zero-order valence-electron chi connectivity index (χ0n) is 25.1. The van der Waals surface area contributed by atoms with Crippen LogP contribution in [0.25, 0.3) is 0 Å². The molecular formula is C31H43N3O8. The van der Waals surface area contributed by atoms with Crippen molar-refractivity contribution < 1.29 is 38.5 Å². The first-order valence-electron chi connectivity index (χ1n) is 13.8. The quantitative estimate of drug-likeness (QED) is 0.271. The fourth-order valence-corrected chi connectivity index (χ4v) is 4.95. The van der Waals surface area contributed by atoms with Gasteiger partial charge in [0.15, 0.2) is 6.10 Å². The van der Waals surface area contributed by atoms with Gasteiger partial charge in [0.1, 0.15) is 6.10 Å². The number of rotatable bonds is 6. The van der Waals surface area contributed by atoms with E-state index in [9.17, 15) is 24.3 Å². The molecule has 2 aliphatic rings. The van der Waals surface area contributed by atoms with Crippen LogP contribution in [0.4, 0.5) is 4.79 Å². The summed E-state index contributed by atoms with van der Waals surface area (Å²) >= 11 is 0. The van der Waals surface area contributed by atoms with E-state index in [0.717, 1.165) is 6.08 Å². The fraction of sp³-hybridized carbons (Fsp3) is 0.484. The van der Waals surface area contributed by atoms with E-state index >= 15 is 0 Å². The second kappa shape index (κ2) is 16.0. The number of nitrogens with one attached hydrogen (secondary N) is 2. The molecular weight excluding hydrogens is 542 g/mol. The highest BCUT2D eigenvalue weighted by Crippen LogP contribution is 2.28. The maximum absolute atomic E-state index is 13.5. The topological polar surface area (TPSA) is 166 Å². The molecule has 0 aromatic carbocycles. The minimum absolute atomic E-state index is 0.132. The Labute approximate surface area is 247 Å². The monoisotopic (exact) mass is 585 g/mol. The SMILES string of the molecule is C=CCNC1=C2C[C@@H](C)C[C@@H](OC)[C@@H](O)[C@H](C)/C=C(\C)[C@@H](OC(N)=O)[C@H](OC)/C=C/C=C(/C)C(=O)NC(=CC1=O)C2=O. The Balaban J connectivity index is 2.62. The highest BCUT2D eigenvalue weighted by molar-refractivity contribution is 6.23. The molecule has 2 rings (SSSR count). The van der Waals surface area contributed by atoms with Crippen LogP contribution in [-0.2, 0) is 28.6 Å². The van der Waals surface area contributed by atoms with Gasteiger partial charge in [0.25, 0.3) is 5.91 Å². The van der Waals surface area contributed by atoms with Crippen molar-refractivity contribution in [2.24, 2.45) is 17.6 Å². The van der Waals surface area contributed by atoms with E-state index in [1.165, 1.54) is 20.3 Å². The van der Waals surface area contributed by atoms with E-state index in [4.69, 9.17) is 19.9 Å². The van der Waals surface area contributed by atoms with Gasteiger partial charge in [0, 0.05) is 43.9 Å². The minimum atomic E-state index is -1.00. The summed E-state index contributed by atoms with van der Waals surface area (Å²) in [4.78, 5) is 51.3. The van der Waals surface area contributed by atoms with Crippen LogP contribution in [0.15, 0.2) is 71.1 Å². The van der Waals surface area contributed by atoms with E-state index < -0.39 is 53.9 Å². The maximum atomic E-state index is 13.5. The van der Waals surface area contributed by atoms with Crippen LogP contribution >= 0.6 is 0 Å². The molecule has 1 aliphatic heterocycles. The summed E-state index contributed by atoms with van der Waals surface area (Å²) in [7, 11) is 2.92. The van der Waals surface area contributed by atoms with E-state index in [1.54, 1.807) is 45.1 Å². The van der Waals surface area contributed by atoms with Gasteiger partial charge in [-0.15, -0.1) is 6.58 Å². The fourth-order valence-electron chi connectivity index (χ4n) is 4.95. The number of aliphatic hydroxyl groups excluding tert-OH is 1. The summed E-state index contributed by atoms with van der Waals surface area (Å²) in [6, 6.07) is 0.